The van der Waals surface area contributed by atoms with Crippen LogP contribution in [0.4, 0.5) is 0 Å². The van der Waals surface area contributed by atoms with Gasteiger partial charge in [0.05, 0.1) is 59.7 Å². The topological polar surface area (TPSA) is 279 Å². The van der Waals surface area contributed by atoms with Gasteiger partial charge >= 0.3 is 17.9 Å². The van der Waals surface area contributed by atoms with Gasteiger partial charge in [-0.25, -0.2) is 4.79 Å². The number of pyridine rings is 1. The number of carbonyl (C=O) groups is 3. The molecule has 3 saturated heterocycles. The molecule has 2 aromatic rings. The van der Waals surface area contributed by atoms with E-state index in [1.54, 1.807) is 70.5 Å². The molecule has 442 valence electrons. The van der Waals surface area contributed by atoms with Gasteiger partial charge in [0.2, 0.25) is 5.43 Å². The predicted octanol–water partition coefficient (Wildman–Crippen LogP) is 4.07. The largest absolute Gasteiger partial charge is 0.477 e. The maximum atomic E-state index is 14.6. The number of methoxy groups -OCH3 is 2. The van der Waals surface area contributed by atoms with Gasteiger partial charge in [0.15, 0.2) is 18.7 Å². The van der Waals surface area contributed by atoms with E-state index in [9.17, 15) is 44.8 Å². The van der Waals surface area contributed by atoms with E-state index in [1.165, 1.54) is 27.3 Å². The summed E-state index contributed by atoms with van der Waals surface area (Å²) in [6.07, 6.45) is -6.82. The van der Waals surface area contributed by atoms with E-state index in [0.29, 0.717) is 43.3 Å². The van der Waals surface area contributed by atoms with Crippen LogP contribution >= 0.6 is 0 Å². The van der Waals surface area contributed by atoms with E-state index in [0.717, 1.165) is 5.56 Å². The van der Waals surface area contributed by atoms with Gasteiger partial charge in [-0.05, 0) is 112 Å². The number of benzene rings is 1. The van der Waals surface area contributed by atoms with Crippen LogP contribution in [0.15, 0.2) is 34.3 Å². The lowest BCUT2D eigenvalue weighted by Crippen LogP contribution is -2.61. The lowest BCUT2D eigenvalue weighted by atomic mass is 9.73. The standard InChI is InChI=1S/C56H91N5O17/c1-17-41-56(10,69)48(65)32(4)44(58-70)30(2)27-54(8,71-15)49(78-53-46(64)40(59(11)12)25-31(3)73-53)33(5)47(34(6)52(68)75-41)77-43-28-55(9,72-16)50(35(7)74-43)76-42(62)22-24-57-23-18-19-36-20-21-39-37(26-36)45(63)38(51(66)67)29-61(39)60(13)14/h20-21,26,29-35,40-41,43,46-50,53,57,64-65,69-70H,17-19,22-25,27-28H2,1-16H3,(H,66,67)/b58-44+/t30-,31-,32?,33+,34-,35+,40+,41-,43+,46-,47+,48-,49-,50+,53+,54-,55-,56-/m1/s1. The average Bonchev–Trinajstić information content (AvgIpc) is 3.39. The van der Waals surface area contributed by atoms with E-state index >= 15 is 0 Å². The lowest BCUT2D eigenvalue weighted by Gasteiger charge is -2.50. The first-order valence-electron chi connectivity index (χ1n) is 27.4. The molecule has 18 atom stereocenters. The van der Waals surface area contributed by atoms with Crippen molar-refractivity contribution in [3.05, 3.63) is 45.7 Å². The molecule has 1 unspecified atom stereocenters. The first-order chi connectivity index (χ1) is 36.5. The number of hydrogen-bond donors (Lipinski definition) is 6. The number of hydrogen-bond acceptors (Lipinski definition) is 20. The van der Waals surface area contributed by atoms with Crippen LogP contribution < -0.4 is 15.8 Å². The van der Waals surface area contributed by atoms with Crippen molar-refractivity contribution in [1.29, 1.82) is 0 Å². The summed E-state index contributed by atoms with van der Waals surface area (Å²) in [4.78, 5) is 55.0. The fourth-order valence-corrected chi connectivity index (χ4v) is 11.9. The van der Waals surface area contributed by atoms with Gasteiger partial charge in [-0.3, -0.25) is 19.1 Å². The monoisotopic (exact) mass is 1110 g/mol. The third-order valence-corrected chi connectivity index (χ3v) is 16.7. The van der Waals surface area contributed by atoms with Crippen molar-refractivity contribution in [2.75, 3.05) is 60.5 Å². The number of carboxylic acids is 1. The summed E-state index contributed by atoms with van der Waals surface area (Å²) >= 11 is 0. The number of nitrogens with zero attached hydrogens (tertiary/aromatic N) is 4. The van der Waals surface area contributed by atoms with Crippen LogP contribution in [-0.2, 0) is 53.9 Å². The molecule has 22 heteroatoms. The highest BCUT2D eigenvalue weighted by Crippen LogP contribution is 2.42. The van der Waals surface area contributed by atoms with Crippen LogP contribution in [0.3, 0.4) is 0 Å². The second-order valence-corrected chi connectivity index (χ2v) is 23.0. The van der Waals surface area contributed by atoms with Crippen LogP contribution in [0.2, 0.25) is 0 Å². The number of aromatic carboxylic acids is 1. The van der Waals surface area contributed by atoms with Crippen molar-refractivity contribution in [3.63, 3.8) is 0 Å². The minimum absolute atomic E-state index is 0.0269. The number of cyclic esters (lactones) is 1. The van der Waals surface area contributed by atoms with E-state index in [4.69, 9.17) is 37.9 Å². The third-order valence-electron chi connectivity index (χ3n) is 16.7. The normalized spacial score (nSPS) is 37.0. The van der Waals surface area contributed by atoms with Crippen molar-refractivity contribution in [3.8, 4) is 0 Å². The minimum atomic E-state index is -2.00. The summed E-state index contributed by atoms with van der Waals surface area (Å²) in [5, 5.41) is 64.7. The molecule has 78 heavy (non-hydrogen) atoms. The molecule has 3 fully saturated rings. The first-order valence-corrected chi connectivity index (χ1v) is 27.4. The number of aromatic nitrogens is 1. The van der Waals surface area contributed by atoms with Gasteiger partial charge in [0.25, 0.3) is 0 Å². The Morgan fingerprint density at radius 2 is 1.56 bits per heavy atom. The summed E-state index contributed by atoms with van der Waals surface area (Å²) in [6.45, 7) is 18.1. The maximum absolute atomic E-state index is 14.6. The molecular formula is C56H91N5O17. The Morgan fingerprint density at radius 3 is 2.15 bits per heavy atom. The van der Waals surface area contributed by atoms with Crippen molar-refractivity contribution in [2.24, 2.45) is 28.8 Å². The highest BCUT2D eigenvalue weighted by molar-refractivity contribution is 5.93. The van der Waals surface area contributed by atoms with Crippen molar-refractivity contribution >= 4 is 34.5 Å². The summed E-state index contributed by atoms with van der Waals surface area (Å²) in [5.74, 6) is -5.96. The van der Waals surface area contributed by atoms with Gasteiger partial charge in [0, 0.05) is 76.7 Å². The molecule has 3 aliphatic heterocycles. The van der Waals surface area contributed by atoms with Crippen molar-refractivity contribution in [1.82, 2.24) is 14.9 Å². The number of carbonyl (C=O) groups excluding carboxylic acids is 2. The Labute approximate surface area is 459 Å². The average molecular weight is 1110 g/mol. The van der Waals surface area contributed by atoms with Crippen LogP contribution in [0.1, 0.15) is 124 Å². The second kappa shape index (κ2) is 27.0. The summed E-state index contributed by atoms with van der Waals surface area (Å²) in [7, 11) is 10.3. The molecule has 3 aliphatic rings. The molecule has 0 saturated carbocycles. The zero-order valence-corrected chi connectivity index (χ0v) is 48.8. The number of rotatable bonds is 18. The highest BCUT2D eigenvalue weighted by Gasteiger charge is 2.55. The van der Waals surface area contributed by atoms with Crippen molar-refractivity contribution in [2.45, 2.75) is 198 Å². The molecule has 5 rings (SSSR count). The molecule has 0 radical (unpaired) electrons. The number of fused-ring (bicyclic) bond motifs is 1. The number of aliphatic hydroxyl groups is 3. The Bertz CT molecular complexity index is 2440. The summed E-state index contributed by atoms with van der Waals surface area (Å²) in [6, 6.07) is 5.10. The van der Waals surface area contributed by atoms with Gasteiger partial charge in [-0.15, -0.1) is 0 Å². The van der Waals surface area contributed by atoms with E-state index in [-0.39, 0.29) is 49.1 Å². The van der Waals surface area contributed by atoms with E-state index in [2.05, 4.69) is 10.5 Å². The molecule has 22 nitrogen and oxygen atoms in total. The number of carboxylic acid groups (broad SMARTS) is 1. The van der Waals surface area contributed by atoms with E-state index in [1.807, 2.05) is 52.8 Å². The molecule has 1 aromatic carbocycles. The Morgan fingerprint density at radius 1 is 0.910 bits per heavy atom. The maximum Gasteiger partial charge on any atom is 0.341 e. The number of likely N-dealkylation sites (N-methyl/N-ethyl adjacent to an activating group) is 1. The van der Waals surface area contributed by atoms with Crippen molar-refractivity contribution < 1.29 is 77.9 Å². The zero-order valence-electron chi connectivity index (χ0n) is 48.8. The molecule has 6 N–H and O–H groups in total. The number of oxime groups is 1. The fourth-order valence-electron chi connectivity index (χ4n) is 11.9. The fraction of sp³-hybridized carbons (Fsp3) is 0.768. The Balaban J connectivity index is 1.36. The van der Waals surface area contributed by atoms with Gasteiger partial charge in [-0.1, -0.05) is 38.9 Å². The second-order valence-electron chi connectivity index (χ2n) is 23.0. The molecule has 0 aliphatic carbocycles. The van der Waals surface area contributed by atoms with Crippen LogP contribution in [0.25, 0.3) is 10.9 Å². The number of esters is 2. The smallest absolute Gasteiger partial charge is 0.341 e. The molecule has 0 amide bonds. The molecule has 1 aromatic heterocycles. The highest BCUT2D eigenvalue weighted by atomic mass is 16.7. The van der Waals surface area contributed by atoms with Gasteiger partial charge in [-0.2, -0.15) is 0 Å². The summed E-state index contributed by atoms with van der Waals surface area (Å²) < 4.78 is 53.2. The van der Waals surface area contributed by atoms with Crippen LogP contribution in [-0.4, -0.2) is 199 Å². The zero-order chi connectivity index (χ0) is 58.4. The quantitative estimate of drug-likeness (QED) is 0.0531. The minimum Gasteiger partial charge on any atom is -0.477 e. The van der Waals surface area contributed by atoms with Gasteiger partial charge in [0.1, 0.15) is 29.0 Å². The number of aryl methyl sites for hydroxylation is 1. The van der Waals surface area contributed by atoms with Gasteiger partial charge < -0.3 is 78.8 Å². The number of aliphatic hydroxyl groups excluding tert-OH is 2. The number of ether oxygens (including phenoxy) is 8. The molecule has 0 bridgehead atoms. The lowest BCUT2D eigenvalue weighted by molar-refractivity contribution is -0.320. The van der Waals surface area contributed by atoms with Crippen LogP contribution in [0, 0.1) is 23.7 Å². The van der Waals surface area contributed by atoms with Crippen LogP contribution in [0.5, 0.6) is 0 Å². The Hall–Kier alpha value is -4.33. The van der Waals surface area contributed by atoms with E-state index < -0.39 is 119 Å². The predicted molar refractivity (Wildman–Crippen MR) is 290 cm³/mol. The summed E-state index contributed by atoms with van der Waals surface area (Å²) in [5.41, 5.74) is -3.72. The third kappa shape index (κ3) is 14.4. The molecule has 4 heterocycles. The Kier molecular flexibility index (Phi) is 22.3. The first kappa shape index (κ1) is 64.5. The number of nitrogens with one attached hydrogen (secondary N) is 1. The molecule has 0 spiro atoms. The SMILES string of the molecule is CC[C@H]1OC(=O)[C@H](C)[C@@H](O[C@H]2C[C@@](C)(OC)[C@@H](OC(=O)CCNCCCc3ccc4c(c3)c(=O)c(C(=O)O)cn4N(C)C)[C@H](C)O2)[C@H](C)[C@@H](O[C@@H]2O[C@H](C)C[C@H](N(C)C)[C@H]2O)[C@](C)(OC)C[C@@H](C)/C(=N\O)C(C)[C@@H](O)[C@]1(C)O. The molecular weight excluding hydrogens is 1010 g/mol.